The molecule has 4 aliphatic rings. The van der Waals surface area contributed by atoms with Gasteiger partial charge in [0, 0.05) is 11.3 Å². The largest absolute Gasteiger partial charge is 0.479 e. The van der Waals surface area contributed by atoms with Crippen LogP contribution in [0.4, 0.5) is 4.39 Å². The smallest absolute Gasteiger partial charge is 0.335 e. The molecule has 10 heteroatoms. The number of hydrogen-bond acceptors (Lipinski definition) is 5. The summed E-state index contributed by atoms with van der Waals surface area (Å²) in [6.45, 7) is 5.42. The highest BCUT2D eigenvalue weighted by atomic mass is 35.5. The van der Waals surface area contributed by atoms with E-state index in [9.17, 15) is 24.6 Å². The monoisotopic (exact) mass is 536 g/mol. The molecule has 0 saturated heterocycles. The van der Waals surface area contributed by atoms with Crippen LogP contribution in [0.25, 0.3) is 0 Å². The predicted octanol–water partition coefficient (Wildman–Crippen LogP) is 3.63. The Bertz CT molecular complexity index is 1010. The van der Waals surface area contributed by atoms with Crippen LogP contribution in [-0.2, 0) is 14.4 Å². The van der Waals surface area contributed by atoms with Gasteiger partial charge in [0.25, 0.3) is 0 Å². The van der Waals surface area contributed by atoms with Crippen molar-refractivity contribution in [3.63, 3.8) is 0 Å². The summed E-state index contributed by atoms with van der Waals surface area (Å²) in [6.07, 6.45) is -2.31. The van der Waals surface area contributed by atoms with Crippen molar-refractivity contribution >= 4 is 52.3 Å². The molecule has 0 radical (unpaired) electrons. The zero-order valence-electron chi connectivity index (χ0n) is 19.0. The number of aliphatic hydroxyl groups is 2. The topological polar surface area (TPSA) is 112 Å². The molecular weight excluding hydrogens is 510 g/mol. The molecule has 0 aliphatic heterocycles. The summed E-state index contributed by atoms with van der Waals surface area (Å²) in [7, 11) is 0. The molecule has 6 nitrogen and oxygen atoms in total. The van der Waals surface area contributed by atoms with Crippen molar-refractivity contribution in [1.29, 1.82) is 0 Å². The summed E-state index contributed by atoms with van der Waals surface area (Å²) in [5.74, 6) is -4.75. The predicted molar refractivity (Wildman–Crippen MR) is 125 cm³/mol. The third-order valence-electron chi connectivity index (χ3n) is 9.13. The van der Waals surface area contributed by atoms with Gasteiger partial charge in [-0.05, 0) is 60.2 Å². The van der Waals surface area contributed by atoms with Crippen LogP contribution in [0, 0.1) is 34.5 Å². The van der Waals surface area contributed by atoms with E-state index in [1.807, 2.05) is 13.8 Å². The first-order valence-electron chi connectivity index (χ1n) is 11.4. The second kappa shape index (κ2) is 8.27. The minimum Gasteiger partial charge on any atom is -0.479 e. The summed E-state index contributed by atoms with van der Waals surface area (Å²) in [5.41, 5.74) is -1.68. The van der Waals surface area contributed by atoms with E-state index in [1.165, 1.54) is 12.2 Å². The van der Waals surface area contributed by atoms with E-state index in [-0.39, 0.29) is 35.3 Å². The zero-order valence-corrected chi connectivity index (χ0v) is 21.2. The van der Waals surface area contributed by atoms with Crippen LogP contribution in [0.2, 0.25) is 0 Å². The molecule has 3 fully saturated rings. The summed E-state index contributed by atoms with van der Waals surface area (Å²) in [6, 6.07) is 0. The first kappa shape index (κ1) is 26.1. The molecule has 188 valence electrons. The number of hydrogen-bond donors (Lipinski definition) is 3. The van der Waals surface area contributed by atoms with Crippen LogP contribution in [0.5, 0.6) is 0 Å². The van der Waals surface area contributed by atoms with Crippen molar-refractivity contribution < 1.29 is 34.1 Å². The standard InChI is InChI=1S/C24H28Cl3FO6/c1-9-4-10-11-5-14(28)12-6-15(29)13(25)7-23(12,3)24(11,27)16(26)8-22(10,2)17(9)18(30)19(31)20(32)21(33)34/h6-7,9-11,14,16-17,19-20,31-32H,4-5,8H2,1-3H3,(H,33,34)/t9-,10-,11-,14+,16-,17+,19?,20?,22-,23-,24-/m0/s1. The average molecular weight is 538 g/mol. The van der Waals surface area contributed by atoms with Crippen molar-refractivity contribution in [1.82, 2.24) is 0 Å². The summed E-state index contributed by atoms with van der Waals surface area (Å²) in [4.78, 5) is 35.4. The van der Waals surface area contributed by atoms with E-state index in [2.05, 4.69) is 0 Å². The SMILES string of the molecule is C[C@H]1C[C@H]2[C@@H]3C[C@@H](F)C4=CC(=O)C(Cl)=C[C@]4(C)[C@@]3(Cl)[C@@H](Cl)C[C@]2(C)[C@H]1C(=O)C(O)C(O)C(=O)O. The Labute approximate surface area is 212 Å². The highest BCUT2D eigenvalue weighted by Gasteiger charge is 2.72. The van der Waals surface area contributed by atoms with E-state index >= 15 is 4.39 Å². The quantitative estimate of drug-likeness (QED) is 0.472. The Kier molecular flexibility index (Phi) is 6.34. The van der Waals surface area contributed by atoms with E-state index in [4.69, 9.17) is 39.9 Å². The van der Waals surface area contributed by atoms with Crippen molar-refractivity contribution in [2.75, 3.05) is 0 Å². The number of alkyl halides is 3. The summed E-state index contributed by atoms with van der Waals surface area (Å²) >= 11 is 20.5. The molecule has 0 aromatic carbocycles. The van der Waals surface area contributed by atoms with Gasteiger partial charge in [-0.15, -0.1) is 23.2 Å². The van der Waals surface area contributed by atoms with Crippen LogP contribution in [0.3, 0.4) is 0 Å². The number of Topliss-reactive ketones (excluding diaryl/α,β-unsaturated/α-hetero) is 1. The van der Waals surface area contributed by atoms with Crippen molar-refractivity contribution in [2.24, 2.45) is 34.5 Å². The second-order valence-electron chi connectivity index (χ2n) is 10.8. The molecule has 3 N–H and O–H groups in total. The minimum absolute atomic E-state index is 0.0150. The maximum atomic E-state index is 15.6. The molecule has 34 heavy (non-hydrogen) atoms. The van der Waals surface area contributed by atoms with Gasteiger partial charge in [-0.1, -0.05) is 32.4 Å². The maximum Gasteiger partial charge on any atom is 0.335 e. The molecule has 11 atom stereocenters. The third-order valence-corrected chi connectivity index (χ3v) is 11.0. The number of ketones is 2. The fourth-order valence-corrected chi connectivity index (χ4v) is 9.12. The Hall–Kier alpha value is -0.990. The minimum atomic E-state index is -2.24. The highest BCUT2D eigenvalue weighted by Crippen LogP contribution is 2.72. The van der Waals surface area contributed by atoms with Gasteiger partial charge in [-0.3, -0.25) is 9.59 Å². The lowest BCUT2D eigenvalue weighted by Crippen LogP contribution is -2.66. The Morgan fingerprint density at radius 2 is 1.79 bits per heavy atom. The zero-order chi connectivity index (χ0) is 25.5. The molecular formula is C24H28Cl3FO6. The average Bonchev–Trinajstić information content (AvgIpc) is 3.00. The van der Waals surface area contributed by atoms with Crippen LogP contribution in [0.15, 0.2) is 22.8 Å². The Balaban J connectivity index is 1.78. The van der Waals surface area contributed by atoms with E-state index in [0.717, 1.165) is 0 Å². The molecule has 0 spiro atoms. The first-order chi connectivity index (χ1) is 15.6. The summed E-state index contributed by atoms with van der Waals surface area (Å²) < 4.78 is 15.6. The Morgan fingerprint density at radius 1 is 1.18 bits per heavy atom. The number of aliphatic hydroxyl groups excluding tert-OH is 2. The molecule has 0 aromatic heterocycles. The van der Waals surface area contributed by atoms with Gasteiger partial charge in [-0.2, -0.15) is 0 Å². The Morgan fingerprint density at radius 3 is 2.38 bits per heavy atom. The fourth-order valence-electron chi connectivity index (χ4n) is 7.64. The van der Waals surface area contributed by atoms with Gasteiger partial charge in [0.15, 0.2) is 17.7 Å². The lowest BCUT2D eigenvalue weighted by molar-refractivity contribution is -0.161. The van der Waals surface area contributed by atoms with Crippen LogP contribution in [0.1, 0.15) is 40.0 Å². The van der Waals surface area contributed by atoms with Gasteiger partial charge < -0.3 is 15.3 Å². The summed E-state index contributed by atoms with van der Waals surface area (Å²) in [5, 5.41) is 28.4. The number of aliphatic carboxylic acids is 1. The molecule has 3 saturated carbocycles. The van der Waals surface area contributed by atoms with Crippen LogP contribution >= 0.6 is 34.8 Å². The molecule has 0 amide bonds. The molecule has 0 heterocycles. The number of carboxylic acid groups (broad SMARTS) is 1. The van der Waals surface area contributed by atoms with Gasteiger partial charge in [0.2, 0.25) is 0 Å². The van der Waals surface area contributed by atoms with Crippen molar-refractivity contribution in [2.45, 2.75) is 68.7 Å². The van der Waals surface area contributed by atoms with Gasteiger partial charge in [0.05, 0.1) is 15.3 Å². The molecule has 4 rings (SSSR count). The number of allylic oxidation sites excluding steroid dienone is 4. The second-order valence-corrected chi connectivity index (χ2v) is 12.4. The van der Waals surface area contributed by atoms with E-state index < -0.39 is 68.8 Å². The molecule has 0 aromatic rings. The molecule has 2 unspecified atom stereocenters. The van der Waals surface area contributed by atoms with E-state index in [0.29, 0.717) is 6.42 Å². The number of carbonyl (C=O) groups is 3. The number of fused-ring (bicyclic) bond motifs is 5. The number of carbonyl (C=O) groups excluding carboxylic acids is 2. The number of carboxylic acids is 1. The van der Waals surface area contributed by atoms with Gasteiger partial charge in [0.1, 0.15) is 12.3 Å². The normalized spacial score (nSPS) is 47.5. The number of rotatable bonds is 4. The molecule has 0 bridgehead atoms. The fraction of sp³-hybridized carbons (Fsp3) is 0.708. The van der Waals surface area contributed by atoms with Crippen LogP contribution < -0.4 is 0 Å². The van der Waals surface area contributed by atoms with Crippen molar-refractivity contribution in [3.05, 3.63) is 22.8 Å². The van der Waals surface area contributed by atoms with Gasteiger partial charge in [-0.25, -0.2) is 9.18 Å². The lowest BCUT2D eigenvalue weighted by atomic mass is 9.46. The van der Waals surface area contributed by atoms with Gasteiger partial charge >= 0.3 is 5.97 Å². The van der Waals surface area contributed by atoms with Crippen molar-refractivity contribution in [3.8, 4) is 0 Å². The molecule has 4 aliphatic carbocycles. The lowest BCUT2D eigenvalue weighted by Gasteiger charge is -2.63. The number of halogens is 4. The third kappa shape index (κ3) is 3.30. The highest BCUT2D eigenvalue weighted by molar-refractivity contribution is 6.45. The first-order valence-corrected chi connectivity index (χ1v) is 12.5. The van der Waals surface area contributed by atoms with E-state index in [1.54, 1.807) is 6.92 Å². The maximum absolute atomic E-state index is 15.6. The van der Waals surface area contributed by atoms with Crippen LogP contribution in [-0.4, -0.2) is 61.5 Å².